The van der Waals surface area contributed by atoms with Crippen molar-refractivity contribution in [3.05, 3.63) is 0 Å². The minimum Gasteiger partial charge on any atom is -0.323 e. The Morgan fingerprint density at radius 1 is 1.23 bits per heavy atom. The van der Waals surface area contributed by atoms with Crippen LogP contribution in [0.3, 0.4) is 0 Å². The predicted molar refractivity (Wildman–Crippen MR) is 47.0 cm³/mol. The molecule has 1 saturated carbocycles. The van der Waals surface area contributed by atoms with Crippen molar-refractivity contribution < 1.29 is 9.59 Å². The van der Waals surface area contributed by atoms with E-state index in [2.05, 4.69) is 24.5 Å². The smallest absolute Gasteiger partial charge is 0.322 e. The van der Waals surface area contributed by atoms with E-state index in [1.807, 2.05) is 0 Å². The fourth-order valence-corrected chi connectivity index (χ4v) is 2.40. The van der Waals surface area contributed by atoms with Crippen molar-refractivity contribution in [3.8, 4) is 0 Å². The van der Waals surface area contributed by atoms with Crippen LogP contribution >= 0.6 is 0 Å². The first-order valence-corrected chi connectivity index (χ1v) is 4.67. The van der Waals surface area contributed by atoms with E-state index in [4.69, 9.17) is 0 Å². The second kappa shape index (κ2) is 2.47. The van der Waals surface area contributed by atoms with E-state index >= 15 is 0 Å². The van der Waals surface area contributed by atoms with Crippen molar-refractivity contribution in [2.75, 3.05) is 0 Å². The standard InChI is InChI=1S/C9H14N2O2/c1-5-3-9(4-6(5)2)7(12)10-8(13)11-9/h5-6H,3-4H2,1-2H3,(H2,10,11,12,13). The van der Waals surface area contributed by atoms with Crippen molar-refractivity contribution >= 4 is 11.9 Å². The van der Waals surface area contributed by atoms with Crippen LogP contribution in [0.15, 0.2) is 0 Å². The van der Waals surface area contributed by atoms with Gasteiger partial charge < -0.3 is 5.32 Å². The van der Waals surface area contributed by atoms with E-state index in [1.165, 1.54) is 0 Å². The van der Waals surface area contributed by atoms with E-state index in [-0.39, 0.29) is 11.9 Å². The quantitative estimate of drug-likeness (QED) is 0.540. The number of imide groups is 1. The highest BCUT2D eigenvalue weighted by Crippen LogP contribution is 2.40. The van der Waals surface area contributed by atoms with Crippen LogP contribution in [0.5, 0.6) is 0 Å². The van der Waals surface area contributed by atoms with Crippen molar-refractivity contribution in [2.45, 2.75) is 32.2 Å². The first-order chi connectivity index (χ1) is 6.03. The van der Waals surface area contributed by atoms with Gasteiger partial charge in [-0.15, -0.1) is 0 Å². The van der Waals surface area contributed by atoms with Crippen LogP contribution in [0.4, 0.5) is 4.79 Å². The number of hydrogen-bond acceptors (Lipinski definition) is 2. The number of hydrogen-bond donors (Lipinski definition) is 2. The Hall–Kier alpha value is -1.06. The third-order valence-corrected chi connectivity index (χ3v) is 3.33. The highest BCUT2D eigenvalue weighted by atomic mass is 16.2. The summed E-state index contributed by atoms with van der Waals surface area (Å²) in [5.41, 5.74) is -0.587. The molecule has 0 aromatic carbocycles. The lowest BCUT2D eigenvalue weighted by Gasteiger charge is -2.18. The molecule has 2 N–H and O–H groups in total. The summed E-state index contributed by atoms with van der Waals surface area (Å²) < 4.78 is 0. The maximum absolute atomic E-state index is 11.5. The van der Waals surface area contributed by atoms with Gasteiger partial charge in [0.2, 0.25) is 0 Å². The largest absolute Gasteiger partial charge is 0.323 e. The Morgan fingerprint density at radius 2 is 1.77 bits per heavy atom. The van der Waals surface area contributed by atoms with Gasteiger partial charge in [-0.05, 0) is 24.7 Å². The van der Waals surface area contributed by atoms with Gasteiger partial charge in [0.1, 0.15) is 5.54 Å². The number of nitrogens with one attached hydrogen (secondary N) is 2. The predicted octanol–water partition coefficient (Wildman–Crippen LogP) is 0.631. The number of amides is 3. The van der Waals surface area contributed by atoms with Crippen molar-refractivity contribution in [2.24, 2.45) is 11.8 Å². The topological polar surface area (TPSA) is 58.2 Å². The normalized spacial score (nSPS) is 43.8. The van der Waals surface area contributed by atoms with E-state index in [1.54, 1.807) is 0 Å². The minimum absolute atomic E-state index is 0.145. The Balaban J connectivity index is 2.23. The molecule has 1 saturated heterocycles. The minimum atomic E-state index is -0.587. The molecule has 2 aliphatic rings. The molecule has 2 atom stereocenters. The average molecular weight is 182 g/mol. The second-order valence-corrected chi connectivity index (χ2v) is 4.35. The molecule has 0 aromatic rings. The lowest BCUT2D eigenvalue weighted by molar-refractivity contribution is -0.123. The number of carbonyl (C=O) groups excluding carboxylic acids is 2. The molecular formula is C9H14N2O2. The van der Waals surface area contributed by atoms with Crippen LogP contribution < -0.4 is 10.6 Å². The molecule has 0 aromatic heterocycles. The summed E-state index contributed by atoms with van der Waals surface area (Å²) >= 11 is 0. The zero-order valence-electron chi connectivity index (χ0n) is 7.89. The highest BCUT2D eigenvalue weighted by Gasteiger charge is 2.52. The molecule has 1 heterocycles. The maximum atomic E-state index is 11.5. The lowest BCUT2D eigenvalue weighted by atomic mass is 9.97. The van der Waals surface area contributed by atoms with Gasteiger partial charge in [-0.3, -0.25) is 10.1 Å². The number of urea groups is 1. The molecular weight excluding hydrogens is 168 g/mol. The fourth-order valence-electron chi connectivity index (χ4n) is 2.40. The van der Waals surface area contributed by atoms with Crippen LogP contribution in [0, 0.1) is 11.8 Å². The summed E-state index contributed by atoms with van der Waals surface area (Å²) in [4.78, 5) is 22.5. The molecule has 2 rings (SSSR count). The maximum Gasteiger partial charge on any atom is 0.322 e. The fraction of sp³-hybridized carbons (Fsp3) is 0.778. The molecule has 1 aliphatic heterocycles. The Labute approximate surface area is 77.1 Å². The second-order valence-electron chi connectivity index (χ2n) is 4.35. The summed E-state index contributed by atoms with van der Waals surface area (Å²) in [6, 6.07) is -0.341. The summed E-state index contributed by atoms with van der Waals surface area (Å²) in [7, 11) is 0. The van der Waals surface area contributed by atoms with E-state index < -0.39 is 5.54 Å². The number of rotatable bonds is 0. The Bertz CT molecular complexity index is 265. The van der Waals surface area contributed by atoms with Crippen LogP contribution in [0.2, 0.25) is 0 Å². The first kappa shape index (κ1) is 8.53. The van der Waals surface area contributed by atoms with Crippen molar-refractivity contribution in [1.82, 2.24) is 10.6 Å². The van der Waals surface area contributed by atoms with Gasteiger partial charge in [-0.25, -0.2) is 4.79 Å². The van der Waals surface area contributed by atoms with Crippen LogP contribution in [0.1, 0.15) is 26.7 Å². The lowest BCUT2D eigenvalue weighted by Crippen LogP contribution is -2.44. The van der Waals surface area contributed by atoms with E-state index in [0.717, 1.165) is 12.8 Å². The zero-order chi connectivity index (χ0) is 9.64. The summed E-state index contributed by atoms with van der Waals surface area (Å²) in [5, 5.41) is 5.04. The highest BCUT2D eigenvalue weighted by molar-refractivity contribution is 6.07. The van der Waals surface area contributed by atoms with Gasteiger partial charge in [0, 0.05) is 0 Å². The van der Waals surface area contributed by atoms with Gasteiger partial charge >= 0.3 is 6.03 Å². The molecule has 4 nitrogen and oxygen atoms in total. The molecule has 2 unspecified atom stereocenters. The molecule has 4 heteroatoms. The molecule has 13 heavy (non-hydrogen) atoms. The molecule has 72 valence electrons. The van der Waals surface area contributed by atoms with E-state index in [9.17, 15) is 9.59 Å². The molecule has 1 spiro atoms. The van der Waals surface area contributed by atoms with E-state index in [0.29, 0.717) is 11.8 Å². The molecule has 2 fully saturated rings. The zero-order valence-corrected chi connectivity index (χ0v) is 7.89. The first-order valence-electron chi connectivity index (χ1n) is 4.67. The van der Waals surface area contributed by atoms with Gasteiger partial charge in [-0.2, -0.15) is 0 Å². The van der Waals surface area contributed by atoms with Crippen LogP contribution in [-0.2, 0) is 4.79 Å². The average Bonchev–Trinajstić information content (AvgIpc) is 2.40. The van der Waals surface area contributed by atoms with Gasteiger partial charge in [0.15, 0.2) is 0 Å². The van der Waals surface area contributed by atoms with Gasteiger partial charge in [0.25, 0.3) is 5.91 Å². The van der Waals surface area contributed by atoms with Crippen LogP contribution in [-0.4, -0.2) is 17.5 Å². The molecule has 3 amide bonds. The van der Waals surface area contributed by atoms with Crippen LogP contribution in [0.25, 0.3) is 0 Å². The third kappa shape index (κ3) is 1.12. The summed E-state index contributed by atoms with van der Waals surface area (Å²) in [6.07, 6.45) is 1.54. The summed E-state index contributed by atoms with van der Waals surface area (Å²) in [6.45, 7) is 4.24. The Kier molecular flexibility index (Phi) is 1.62. The monoisotopic (exact) mass is 182 g/mol. The SMILES string of the molecule is CC1CC2(CC1C)NC(=O)NC2=O. The summed E-state index contributed by atoms with van der Waals surface area (Å²) in [5.74, 6) is 0.863. The Morgan fingerprint density at radius 3 is 2.15 bits per heavy atom. The molecule has 0 bridgehead atoms. The molecule has 0 radical (unpaired) electrons. The molecule has 1 aliphatic carbocycles. The van der Waals surface area contributed by atoms with Crippen molar-refractivity contribution in [3.63, 3.8) is 0 Å². The number of carbonyl (C=O) groups is 2. The third-order valence-electron chi connectivity index (χ3n) is 3.33. The van der Waals surface area contributed by atoms with Gasteiger partial charge in [0.05, 0.1) is 0 Å². The van der Waals surface area contributed by atoms with Crippen molar-refractivity contribution in [1.29, 1.82) is 0 Å². The van der Waals surface area contributed by atoms with Gasteiger partial charge in [-0.1, -0.05) is 13.8 Å².